The molecule has 10 heteroatoms. The van der Waals surface area contributed by atoms with Crippen molar-refractivity contribution < 1.29 is 19.4 Å². The summed E-state index contributed by atoms with van der Waals surface area (Å²) < 4.78 is 5.64. The van der Waals surface area contributed by atoms with Crippen molar-refractivity contribution in [3.8, 4) is 11.4 Å². The van der Waals surface area contributed by atoms with Crippen LogP contribution in [0.25, 0.3) is 11.4 Å². The van der Waals surface area contributed by atoms with Crippen molar-refractivity contribution in [2.24, 2.45) is 0 Å². The van der Waals surface area contributed by atoms with Crippen LogP contribution in [-0.4, -0.2) is 76.9 Å². The molecule has 3 heterocycles. The third kappa shape index (κ3) is 5.54. The first-order valence-corrected chi connectivity index (χ1v) is 12.3. The molecule has 1 fully saturated rings. The Morgan fingerprint density at radius 1 is 1.20 bits per heavy atom. The lowest BCUT2D eigenvalue weighted by molar-refractivity contribution is -0.141. The van der Waals surface area contributed by atoms with E-state index in [1.54, 1.807) is 11.8 Å². The third-order valence-electron chi connectivity index (χ3n) is 6.40. The molecule has 2 aromatic rings. The maximum absolute atomic E-state index is 12.7. The molecule has 1 aromatic carbocycles. The summed E-state index contributed by atoms with van der Waals surface area (Å²) in [6.45, 7) is 9.17. The van der Waals surface area contributed by atoms with Crippen LogP contribution in [0.4, 0.5) is 16.3 Å². The van der Waals surface area contributed by atoms with Gasteiger partial charge in [-0.05, 0) is 51.0 Å². The van der Waals surface area contributed by atoms with Gasteiger partial charge in [0, 0.05) is 36.4 Å². The molecule has 188 valence electrons. The average Bonchev–Trinajstić information content (AvgIpc) is 2.87. The number of carbonyl (C=O) groups excluding carboxylic acids is 2. The van der Waals surface area contributed by atoms with E-state index in [-0.39, 0.29) is 18.0 Å². The number of aliphatic hydroxyl groups excluding tert-OH is 1. The molecule has 1 saturated heterocycles. The fourth-order valence-corrected chi connectivity index (χ4v) is 4.43. The molecule has 0 saturated carbocycles. The molecular weight excluding hydrogens is 448 g/mol. The second kappa shape index (κ2) is 11.0. The van der Waals surface area contributed by atoms with Gasteiger partial charge in [0.25, 0.3) is 5.91 Å². The molecule has 35 heavy (non-hydrogen) atoms. The third-order valence-corrected chi connectivity index (χ3v) is 6.40. The highest BCUT2D eigenvalue weighted by atomic mass is 16.5. The molecule has 4 rings (SSSR count). The van der Waals surface area contributed by atoms with Crippen molar-refractivity contribution in [3.05, 3.63) is 35.5 Å². The van der Waals surface area contributed by atoms with Crippen LogP contribution in [-0.2, 0) is 22.5 Å². The molecule has 0 bridgehead atoms. The van der Waals surface area contributed by atoms with Crippen LogP contribution in [0.15, 0.2) is 24.3 Å². The Morgan fingerprint density at radius 3 is 2.66 bits per heavy atom. The average molecular weight is 483 g/mol. The van der Waals surface area contributed by atoms with Crippen molar-refractivity contribution >= 4 is 23.4 Å². The second-order valence-electron chi connectivity index (χ2n) is 8.91. The number of nitrogens with one attached hydrogen (secondary N) is 2. The molecule has 0 unspecified atom stereocenters. The Hall–Kier alpha value is -3.24. The van der Waals surface area contributed by atoms with Crippen LogP contribution in [0.5, 0.6) is 0 Å². The summed E-state index contributed by atoms with van der Waals surface area (Å²) in [6.07, 6.45) is 0.0124. The zero-order valence-corrected chi connectivity index (χ0v) is 20.6. The normalized spacial score (nSPS) is 18.6. The number of amides is 3. The minimum atomic E-state index is -0.999. The number of anilines is 2. The monoisotopic (exact) mass is 482 g/mol. The Morgan fingerprint density at radius 2 is 1.97 bits per heavy atom. The number of hydrogen-bond acceptors (Lipinski definition) is 7. The zero-order valence-electron chi connectivity index (χ0n) is 20.6. The minimum Gasteiger partial charge on any atom is -0.383 e. The summed E-state index contributed by atoms with van der Waals surface area (Å²) in [5.41, 5.74) is 3.33. The van der Waals surface area contributed by atoms with E-state index in [1.807, 2.05) is 31.2 Å². The molecular formula is C25H34N6O4. The number of nitrogens with zero attached hydrogens (tertiary/aromatic N) is 4. The van der Waals surface area contributed by atoms with Gasteiger partial charge in [0.05, 0.1) is 31.5 Å². The fourth-order valence-electron chi connectivity index (χ4n) is 4.43. The molecule has 3 N–H and O–H groups in total. The van der Waals surface area contributed by atoms with E-state index in [0.717, 1.165) is 29.2 Å². The Balaban J connectivity index is 1.68. The van der Waals surface area contributed by atoms with Gasteiger partial charge in [0.1, 0.15) is 11.9 Å². The number of fused-ring (bicyclic) bond motifs is 1. The summed E-state index contributed by atoms with van der Waals surface area (Å²) in [6, 6.07) is 7.30. The highest BCUT2D eigenvalue weighted by Crippen LogP contribution is 2.32. The molecule has 10 nitrogen and oxygen atoms in total. The van der Waals surface area contributed by atoms with Gasteiger partial charge >= 0.3 is 6.03 Å². The maximum atomic E-state index is 12.7. The zero-order chi connectivity index (χ0) is 24.9. The Kier molecular flexibility index (Phi) is 7.82. The topological polar surface area (TPSA) is 120 Å². The van der Waals surface area contributed by atoms with Crippen molar-refractivity contribution in [1.82, 2.24) is 20.2 Å². The summed E-state index contributed by atoms with van der Waals surface area (Å²) in [4.78, 5) is 38.3. The van der Waals surface area contributed by atoms with Crippen LogP contribution < -0.4 is 15.5 Å². The Labute approximate surface area is 205 Å². The van der Waals surface area contributed by atoms with Gasteiger partial charge in [-0.25, -0.2) is 14.8 Å². The number of hydrogen-bond donors (Lipinski definition) is 3. The fraction of sp³-hybridized carbons (Fsp3) is 0.520. The van der Waals surface area contributed by atoms with Gasteiger partial charge in [-0.15, -0.1) is 0 Å². The van der Waals surface area contributed by atoms with Crippen molar-refractivity contribution in [2.45, 2.75) is 52.3 Å². The first kappa shape index (κ1) is 24.9. The number of urea groups is 1. The van der Waals surface area contributed by atoms with Gasteiger partial charge in [0.15, 0.2) is 5.82 Å². The molecule has 0 radical (unpaired) electrons. The van der Waals surface area contributed by atoms with Gasteiger partial charge in [-0.1, -0.05) is 6.92 Å². The predicted octanol–water partition coefficient (Wildman–Crippen LogP) is 2.17. The lowest BCUT2D eigenvalue weighted by Gasteiger charge is -2.38. The quantitative estimate of drug-likeness (QED) is 0.577. The van der Waals surface area contributed by atoms with Crippen LogP contribution in [0, 0.1) is 0 Å². The standard InChI is InChI=1S/C25H34N6O4/c1-4-21(32)24(33)30-11-10-19-20(14-30)28-22(29-23(19)31-12-13-35-15-16(31)3)17-6-8-18(9-7-17)27-25(34)26-5-2/h6-9,16,21,32H,4-5,10-15H2,1-3H3,(H2,26,27,34)/t16-,21-/m0/s1. The summed E-state index contributed by atoms with van der Waals surface area (Å²) in [7, 11) is 0. The molecule has 1 aromatic heterocycles. The highest BCUT2D eigenvalue weighted by molar-refractivity contribution is 5.89. The second-order valence-corrected chi connectivity index (χ2v) is 8.91. The van der Waals surface area contributed by atoms with E-state index in [9.17, 15) is 14.7 Å². The lowest BCUT2D eigenvalue weighted by Crippen LogP contribution is -2.46. The predicted molar refractivity (Wildman–Crippen MR) is 133 cm³/mol. The van der Waals surface area contributed by atoms with Gasteiger partial charge in [0.2, 0.25) is 0 Å². The highest BCUT2D eigenvalue weighted by Gasteiger charge is 2.31. The lowest BCUT2D eigenvalue weighted by atomic mass is 10.0. The number of aromatic nitrogens is 2. The SMILES string of the molecule is CCNC(=O)Nc1ccc(-c2nc3c(c(N4CCOC[C@@H]4C)n2)CCN(C(=O)[C@@H](O)CC)C3)cc1. The van der Waals surface area contributed by atoms with E-state index in [4.69, 9.17) is 14.7 Å². The van der Waals surface area contributed by atoms with E-state index in [2.05, 4.69) is 22.5 Å². The van der Waals surface area contributed by atoms with Crippen LogP contribution in [0.2, 0.25) is 0 Å². The van der Waals surface area contributed by atoms with Crippen LogP contribution >= 0.6 is 0 Å². The molecule has 0 spiro atoms. The number of aliphatic hydroxyl groups is 1. The van der Waals surface area contributed by atoms with Crippen LogP contribution in [0.3, 0.4) is 0 Å². The number of morpholine rings is 1. The minimum absolute atomic E-state index is 0.167. The first-order valence-electron chi connectivity index (χ1n) is 12.3. The number of carbonyl (C=O) groups is 2. The number of benzene rings is 1. The summed E-state index contributed by atoms with van der Waals surface area (Å²) in [5, 5.41) is 15.6. The molecule has 3 amide bonds. The summed E-state index contributed by atoms with van der Waals surface area (Å²) in [5.74, 6) is 1.18. The van der Waals surface area contributed by atoms with E-state index >= 15 is 0 Å². The maximum Gasteiger partial charge on any atom is 0.319 e. The van der Waals surface area contributed by atoms with Gasteiger partial charge < -0.3 is 30.3 Å². The smallest absolute Gasteiger partial charge is 0.319 e. The first-order chi connectivity index (χ1) is 16.9. The van der Waals surface area contributed by atoms with E-state index < -0.39 is 6.10 Å². The number of rotatable bonds is 6. The van der Waals surface area contributed by atoms with Crippen LogP contribution in [0.1, 0.15) is 38.4 Å². The molecule has 2 atom stereocenters. The van der Waals surface area contributed by atoms with Crippen molar-refractivity contribution in [2.75, 3.05) is 43.1 Å². The molecule has 2 aliphatic heterocycles. The van der Waals surface area contributed by atoms with Crippen molar-refractivity contribution in [1.29, 1.82) is 0 Å². The van der Waals surface area contributed by atoms with Gasteiger partial charge in [-0.2, -0.15) is 0 Å². The number of ether oxygens (including phenoxy) is 1. The van der Waals surface area contributed by atoms with Gasteiger partial charge in [-0.3, -0.25) is 4.79 Å². The van der Waals surface area contributed by atoms with E-state index in [0.29, 0.717) is 57.2 Å². The van der Waals surface area contributed by atoms with Crippen molar-refractivity contribution in [3.63, 3.8) is 0 Å². The Bertz CT molecular complexity index is 1060. The largest absolute Gasteiger partial charge is 0.383 e. The molecule has 0 aliphatic carbocycles. The van der Waals surface area contributed by atoms with E-state index in [1.165, 1.54) is 0 Å². The molecule has 2 aliphatic rings. The summed E-state index contributed by atoms with van der Waals surface area (Å²) >= 11 is 0.